The number of nitro groups is 1. The van der Waals surface area contributed by atoms with Crippen LogP contribution < -0.4 is 14.9 Å². The minimum atomic E-state index is -0.494. The van der Waals surface area contributed by atoms with Crippen LogP contribution in [0.1, 0.15) is 34.2 Å². The maximum absolute atomic E-state index is 13.8. The fourth-order valence-corrected chi connectivity index (χ4v) is 7.28. The highest BCUT2D eigenvalue weighted by atomic mass is 35.5. The molecule has 0 bridgehead atoms. The van der Waals surface area contributed by atoms with Gasteiger partial charge >= 0.3 is 0 Å². The van der Waals surface area contributed by atoms with E-state index < -0.39 is 4.92 Å². The molecule has 0 saturated heterocycles. The smallest absolute Gasteiger partial charge is 0.281 e. The van der Waals surface area contributed by atoms with Gasteiger partial charge in [0.25, 0.3) is 11.2 Å². The molecule has 39 heavy (non-hydrogen) atoms. The van der Waals surface area contributed by atoms with E-state index >= 15 is 0 Å². The third-order valence-electron chi connectivity index (χ3n) is 7.01. The number of rotatable bonds is 4. The van der Waals surface area contributed by atoms with Crippen LogP contribution in [0.5, 0.6) is 0 Å². The average Bonchev–Trinajstić information content (AvgIpc) is 3.69. The number of allylic oxidation sites excluding steroid dienone is 1. The van der Waals surface area contributed by atoms with Crippen molar-refractivity contribution in [2.45, 2.75) is 18.9 Å². The molecule has 7 nitrogen and oxygen atoms in total. The van der Waals surface area contributed by atoms with Crippen molar-refractivity contribution in [1.29, 1.82) is 0 Å². The molecule has 4 heterocycles. The van der Waals surface area contributed by atoms with Crippen LogP contribution in [0.15, 0.2) is 91.9 Å². The molecule has 0 unspecified atom stereocenters. The first-order valence-electron chi connectivity index (χ1n) is 12.2. The van der Waals surface area contributed by atoms with E-state index in [1.54, 1.807) is 46.2 Å². The van der Waals surface area contributed by atoms with Gasteiger partial charge in [0, 0.05) is 27.6 Å². The molecule has 2 aromatic carbocycles. The van der Waals surface area contributed by atoms with Gasteiger partial charge in [-0.3, -0.25) is 19.5 Å². The van der Waals surface area contributed by atoms with Crippen molar-refractivity contribution in [3.8, 4) is 11.3 Å². The number of benzene rings is 2. The molecular weight excluding hydrogens is 554 g/mol. The van der Waals surface area contributed by atoms with Gasteiger partial charge in [-0.05, 0) is 59.7 Å². The molecule has 0 radical (unpaired) electrons. The highest BCUT2D eigenvalue weighted by Gasteiger charge is 2.33. The molecule has 0 fully saturated rings. The molecule has 1 atom stereocenters. The molecule has 7 rings (SSSR count). The van der Waals surface area contributed by atoms with Crippen molar-refractivity contribution in [2.24, 2.45) is 4.99 Å². The molecule has 1 aliphatic heterocycles. The highest BCUT2D eigenvalue weighted by Crippen LogP contribution is 2.42. The number of thiophene rings is 1. The first-order valence-corrected chi connectivity index (χ1v) is 14.3. The Morgan fingerprint density at radius 2 is 1.95 bits per heavy atom. The second-order valence-electron chi connectivity index (χ2n) is 9.25. The molecule has 0 N–H and O–H groups in total. The van der Waals surface area contributed by atoms with Gasteiger partial charge in [0.1, 0.15) is 11.5 Å². The average molecular weight is 572 g/mol. The number of fused-ring (bicyclic) bond motifs is 3. The maximum atomic E-state index is 13.8. The van der Waals surface area contributed by atoms with E-state index in [1.807, 2.05) is 23.6 Å². The van der Waals surface area contributed by atoms with Gasteiger partial charge in [0.15, 0.2) is 4.80 Å². The number of thiazole rings is 1. The standard InChI is InChI=1S/C29H18ClN3O4S2/c30-17-8-11-20(22(14-17)33(35)36)23-12-9-18(37-23)15-25-28(34)32-27(24-6-3-13-38-24)21-10-7-16-4-1-2-5-19(16)26(21)31-29(32)39-25/h1-6,8-9,11-15,27H,7,10H2/b25-15+/t27-/m0/s1. The predicted molar refractivity (Wildman–Crippen MR) is 153 cm³/mol. The molecule has 0 amide bonds. The van der Waals surface area contributed by atoms with E-state index in [4.69, 9.17) is 21.0 Å². The van der Waals surface area contributed by atoms with Crippen LogP contribution in [0.25, 0.3) is 23.1 Å². The van der Waals surface area contributed by atoms with Crippen molar-refractivity contribution in [3.63, 3.8) is 0 Å². The van der Waals surface area contributed by atoms with E-state index in [0.29, 0.717) is 26.4 Å². The number of nitrogens with zero attached hydrogens (tertiary/aromatic N) is 3. The van der Waals surface area contributed by atoms with E-state index in [2.05, 4.69) is 18.2 Å². The second-order valence-corrected chi connectivity index (χ2v) is 11.7. The van der Waals surface area contributed by atoms with Gasteiger partial charge in [-0.2, -0.15) is 0 Å². The Kier molecular flexibility index (Phi) is 5.73. The van der Waals surface area contributed by atoms with E-state index in [-0.39, 0.29) is 22.3 Å². The lowest BCUT2D eigenvalue weighted by Crippen LogP contribution is -2.38. The molecule has 2 aliphatic rings. The van der Waals surface area contributed by atoms with Gasteiger partial charge in [-0.15, -0.1) is 11.3 Å². The summed E-state index contributed by atoms with van der Waals surface area (Å²) >= 11 is 8.91. The van der Waals surface area contributed by atoms with Crippen molar-refractivity contribution in [1.82, 2.24) is 4.57 Å². The lowest BCUT2D eigenvalue weighted by molar-refractivity contribution is -0.384. The molecule has 5 aromatic rings. The lowest BCUT2D eigenvalue weighted by atomic mass is 9.85. The van der Waals surface area contributed by atoms with Crippen LogP contribution in [0.4, 0.5) is 5.69 Å². The number of aryl methyl sites for hydroxylation is 1. The van der Waals surface area contributed by atoms with Gasteiger partial charge in [0.05, 0.1) is 26.8 Å². The van der Waals surface area contributed by atoms with Gasteiger partial charge in [-0.1, -0.05) is 53.3 Å². The van der Waals surface area contributed by atoms with Crippen molar-refractivity contribution < 1.29 is 9.34 Å². The molecule has 1 aliphatic carbocycles. The summed E-state index contributed by atoms with van der Waals surface area (Å²) < 4.78 is 8.22. The minimum absolute atomic E-state index is 0.141. The summed E-state index contributed by atoms with van der Waals surface area (Å²) in [6.07, 6.45) is 3.42. The van der Waals surface area contributed by atoms with Crippen molar-refractivity contribution in [3.05, 3.63) is 134 Å². The summed E-state index contributed by atoms with van der Waals surface area (Å²) in [5.41, 5.74) is 4.53. The van der Waals surface area contributed by atoms with Gasteiger partial charge in [0.2, 0.25) is 0 Å². The zero-order valence-corrected chi connectivity index (χ0v) is 22.6. The fourth-order valence-electron chi connectivity index (χ4n) is 5.29. The number of nitro benzene ring substituents is 1. The monoisotopic (exact) mass is 571 g/mol. The van der Waals surface area contributed by atoms with Crippen LogP contribution in [-0.4, -0.2) is 9.49 Å². The fraction of sp³-hybridized carbons (Fsp3) is 0.103. The molecule has 0 saturated carbocycles. The second kappa shape index (κ2) is 9.30. The first kappa shape index (κ1) is 24.0. The zero-order chi connectivity index (χ0) is 26.7. The Morgan fingerprint density at radius 3 is 2.77 bits per heavy atom. The van der Waals surface area contributed by atoms with Crippen LogP contribution in [0.3, 0.4) is 0 Å². The van der Waals surface area contributed by atoms with Gasteiger partial charge in [-0.25, -0.2) is 4.99 Å². The SMILES string of the molecule is O=c1/c(=C\c2ccc(-c3ccc(Cl)cc3[N+](=O)[O-])o2)sc2n1[C@H](c1cccs1)C1=C(N=2)c2ccccc2CC1. The molecule has 0 spiro atoms. The minimum Gasteiger partial charge on any atom is -0.456 e. The number of hydrogen-bond donors (Lipinski definition) is 0. The molecule has 192 valence electrons. The predicted octanol–water partition coefficient (Wildman–Crippen LogP) is 6.20. The Balaban J connectivity index is 1.37. The summed E-state index contributed by atoms with van der Waals surface area (Å²) in [6, 6.07) is 20.0. The summed E-state index contributed by atoms with van der Waals surface area (Å²) in [4.78, 5) is 31.6. The number of furan rings is 1. The van der Waals surface area contributed by atoms with E-state index in [9.17, 15) is 14.9 Å². The third kappa shape index (κ3) is 4.01. The Hall–Kier alpha value is -4.05. The molecular formula is C29H18ClN3O4S2. The molecule has 10 heteroatoms. The number of aromatic nitrogens is 1. The van der Waals surface area contributed by atoms with Crippen LogP contribution >= 0.6 is 34.3 Å². The highest BCUT2D eigenvalue weighted by molar-refractivity contribution is 7.10. The third-order valence-corrected chi connectivity index (χ3v) is 9.15. The summed E-state index contributed by atoms with van der Waals surface area (Å²) in [5, 5.41) is 13.9. The van der Waals surface area contributed by atoms with E-state index in [1.165, 1.54) is 23.0 Å². The maximum Gasteiger partial charge on any atom is 0.281 e. The van der Waals surface area contributed by atoms with Crippen LogP contribution in [0, 0.1) is 10.1 Å². The van der Waals surface area contributed by atoms with Gasteiger partial charge < -0.3 is 4.42 Å². The summed E-state index contributed by atoms with van der Waals surface area (Å²) in [7, 11) is 0. The number of hydrogen-bond acceptors (Lipinski definition) is 7. The van der Waals surface area contributed by atoms with Crippen LogP contribution in [0.2, 0.25) is 5.02 Å². The molecule has 3 aromatic heterocycles. The topological polar surface area (TPSA) is 90.6 Å². The quantitative estimate of drug-likeness (QED) is 0.190. The summed E-state index contributed by atoms with van der Waals surface area (Å²) in [6.45, 7) is 0. The number of halogens is 1. The van der Waals surface area contributed by atoms with Crippen molar-refractivity contribution in [2.75, 3.05) is 0 Å². The normalized spacial score (nSPS) is 16.4. The lowest BCUT2D eigenvalue weighted by Gasteiger charge is -2.30. The largest absolute Gasteiger partial charge is 0.456 e. The Morgan fingerprint density at radius 1 is 1.08 bits per heavy atom. The zero-order valence-electron chi connectivity index (χ0n) is 20.2. The Bertz CT molecular complexity index is 2000. The van der Waals surface area contributed by atoms with Crippen molar-refractivity contribution >= 4 is 51.7 Å². The van der Waals surface area contributed by atoms with Crippen LogP contribution in [-0.2, 0) is 6.42 Å². The van der Waals surface area contributed by atoms with E-state index in [0.717, 1.165) is 34.6 Å². The Labute approximate surface area is 234 Å². The summed E-state index contributed by atoms with van der Waals surface area (Å²) in [5.74, 6) is 0.738. The first-order chi connectivity index (χ1) is 19.0.